The molecular formula is C15H27NO. The Morgan fingerprint density at radius 3 is 2.29 bits per heavy atom. The molecule has 0 amide bonds. The minimum atomic E-state index is 0.283. The van der Waals surface area contributed by atoms with E-state index in [9.17, 15) is 0 Å². The minimum Gasteiger partial charge on any atom is -0.366 e. The number of likely N-dealkylation sites (tertiary alicyclic amines) is 1. The molecule has 0 aromatic rings. The lowest BCUT2D eigenvalue weighted by molar-refractivity contribution is 0.106. The molecule has 2 nitrogen and oxygen atoms in total. The van der Waals surface area contributed by atoms with E-state index in [-0.39, 0.29) is 6.10 Å². The maximum absolute atomic E-state index is 5.39. The lowest BCUT2D eigenvalue weighted by Crippen LogP contribution is -2.35. The summed E-state index contributed by atoms with van der Waals surface area (Å²) in [5, 5.41) is 0. The van der Waals surface area contributed by atoms with E-state index in [2.05, 4.69) is 30.6 Å². The van der Waals surface area contributed by atoms with E-state index in [1.54, 1.807) is 0 Å². The van der Waals surface area contributed by atoms with Crippen LogP contribution >= 0.6 is 0 Å². The van der Waals surface area contributed by atoms with Gasteiger partial charge in [0.2, 0.25) is 0 Å². The molecule has 1 saturated heterocycles. The molecule has 1 fully saturated rings. The third-order valence-corrected chi connectivity index (χ3v) is 3.49. The Bertz CT molecular complexity index is 254. The van der Waals surface area contributed by atoms with Gasteiger partial charge >= 0.3 is 0 Å². The van der Waals surface area contributed by atoms with Crippen LogP contribution in [0.4, 0.5) is 0 Å². The zero-order valence-electron chi connectivity index (χ0n) is 11.8. The van der Waals surface area contributed by atoms with Crippen molar-refractivity contribution in [3.05, 3.63) is 0 Å². The molecule has 1 aliphatic heterocycles. The molecule has 98 valence electrons. The molecule has 0 unspecified atom stereocenters. The van der Waals surface area contributed by atoms with Gasteiger partial charge in [0, 0.05) is 0 Å². The number of rotatable bonds is 4. The molecule has 1 heterocycles. The Hall–Kier alpha value is -0.520. The van der Waals surface area contributed by atoms with Gasteiger partial charge in [0.25, 0.3) is 0 Å². The van der Waals surface area contributed by atoms with Crippen molar-refractivity contribution >= 4 is 0 Å². The van der Waals surface area contributed by atoms with Crippen molar-refractivity contribution in [3.63, 3.8) is 0 Å². The number of nitrogens with zero attached hydrogens (tertiary/aromatic N) is 1. The first-order chi connectivity index (χ1) is 8.09. The molecular weight excluding hydrogens is 210 g/mol. The van der Waals surface area contributed by atoms with E-state index in [0.29, 0.717) is 6.61 Å². The first-order valence-electron chi connectivity index (χ1n) is 6.89. The van der Waals surface area contributed by atoms with Crippen LogP contribution in [0.1, 0.15) is 40.5 Å². The van der Waals surface area contributed by atoms with Gasteiger partial charge in [-0.3, -0.25) is 4.90 Å². The van der Waals surface area contributed by atoms with Crippen molar-refractivity contribution < 1.29 is 4.74 Å². The summed E-state index contributed by atoms with van der Waals surface area (Å²) in [5.74, 6) is 8.05. The van der Waals surface area contributed by atoms with Crippen LogP contribution < -0.4 is 0 Å². The third kappa shape index (κ3) is 6.10. The standard InChI is InChI=1S/C15H27NO/c1-13(2)15-7-10-16(11-8-15)9-5-6-12-17-14(3)4/h13-15H,7-12H2,1-4H3. The molecule has 1 aliphatic rings. The van der Waals surface area contributed by atoms with Gasteiger partial charge < -0.3 is 4.74 Å². The average Bonchev–Trinajstić information content (AvgIpc) is 2.29. The Kier molecular flexibility index (Phi) is 6.62. The fourth-order valence-corrected chi connectivity index (χ4v) is 2.20. The van der Waals surface area contributed by atoms with Gasteiger partial charge in [0.05, 0.1) is 12.6 Å². The van der Waals surface area contributed by atoms with Crippen molar-refractivity contribution in [2.45, 2.75) is 46.6 Å². The van der Waals surface area contributed by atoms with Gasteiger partial charge in [-0.05, 0) is 51.6 Å². The average molecular weight is 237 g/mol. The fraction of sp³-hybridized carbons (Fsp3) is 0.867. The maximum Gasteiger partial charge on any atom is 0.108 e. The van der Waals surface area contributed by atoms with Crippen molar-refractivity contribution in [2.24, 2.45) is 11.8 Å². The Morgan fingerprint density at radius 1 is 1.12 bits per heavy atom. The molecule has 0 aromatic carbocycles. The zero-order valence-corrected chi connectivity index (χ0v) is 11.8. The highest BCUT2D eigenvalue weighted by atomic mass is 16.5. The van der Waals surface area contributed by atoms with Crippen molar-refractivity contribution in [1.29, 1.82) is 0 Å². The molecule has 2 heteroatoms. The van der Waals surface area contributed by atoms with Crippen LogP contribution in [-0.4, -0.2) is 37.2 Å². The second-order valence-corrected chi connectivity index (χ2v) is 5.57. The minimum absolute atomic E-state index is 0.283. The Labute approximate surface area is 107 Å². The summed E-state index contributed by atoms with van der Waals surface area (Å²) in [6, 6.07) is 0. The molecule has 0 saturated carbocycles. The van der Waals surface area contributed by atoms with Crippen LogP contribution in [0.5, 0.6) is 0 Å². The van der Waals surface area contributed by atoms with Crippen LogP contribution in [-0.2, 0) is 4.74 Å². The van der Waals surface area contributed by atoms with Gasteiger partial charge in [-0.15, -0.1) is 0 Å². The monoisotopic (exact) mass is 237 g/mol. The Morgan fingerprint density at radius 2 is 1.76 bits per heavy atom. The van der Waals surface area contributed by atoms with Crippen LogP contribution in [0.3, 0.4) is 0 Å². The van der Waals surface area contributed by atoms with E-state index < -0.39 is 0 Å². The second kappa shape index (κ2) is 7.74. The van der Waals surface area contributed by atoms with E-state index in [1.807, 2.05) is 13.8 Å². The summed E-state index contributed by atoms with van der Waals surface area (Å²) < 4.78 is 5.39. The molecule has 0 aromatic heterocycles. The van der Waals surface area contributed by atoms with Crippen molar-refractivity contribution in [3.8, 4) is 11.8 Å². The molecule has 0 radical (unpaired) electrons. The quantitative estimate of drug-likeness (QED) is 0.697. The molecule has 0 spiro atoms. The van der Waals surface area contributed by atoms with Gasteiger partial charge in [-0.25, -0.2) is 0 Å². The lowest BCUT2D eigenvalue weighted by Gasteiger charge is -2.32. The SMILES string of the molecule is CC(C)OCC#CCN1CCC(C(C)C)CC1. The smallest absolute Gasteiger partial charge is 0.108 e. The lowest BCUT2D eigenvalue weighted by atomic mass is 9.87. The van der Waals surface area contributed by atoms with Crippen molar-refractivity contribution in [1.82, 2.24) is 4.90 Å². The summed E-state index contributed by atoms with van der Waals surface area (Å²) in [7, 11) is 0. The fourth-order valence-electron chi connectivity index (χ4n) is 2.20. The number of hydrogen-bond acceptors (Lipinski definition) is 2. The summed E-state index contributed by atoms with van der Waals surface area (Å²) in [5.41, 5.74) is 0. The van der Waals surface area contributed by atoms with Crippen LogP contribution in [0, 0.1) is 23.7 Å². The number of piperidine rings is 1. The number of hydrogen-bond donors (Lipinski definition) is 0. The summed E-state index contributed by atoms with van der Waals surface area (Å²) >= 11 is 0. The van der Waals surface area contributed by atoms with Gasteiger partial charge in [0.15, 0.2) is 0 Å². The predicted octanol–water partition coefficient (Wildman–Crippen LogP) is 2.78. The zero-order chi connectivity index (χ0) is 12.7. The predicted molar refractivity (Wildman–Crippen MR) is 72.9 cm³/mol. The first kappa shape index (κ1) is 14.5. The topological polar surface area (TPSA) is 12.5 Å². The highest BCUT2D eigenvalue weighted by Crippen LogP contribution is 2.23. The molecule has 1 rings (SSSR count). The summed E-state index contributed by atoms with van der Waals surface area (Å²) in [6.07, 6.45) is 2.95. The maximum atomic E-state index is 5.39. The third-order valence-electron chi connectivity index (χ3n) is 3.49. The highest BCUT2D eigenvalue weighted by Gasteiger charge is 2.20. The second-order valence-electron chi connectivity index (χ2n) is 5.57. The van der Waals surface area contributed by atoms with Crippen LogP contribution in [0.2, 0.25) is 0 Å². The van der Waals surface area contributed by atoms with Crippen LogP contribution in [0.25, 0.3) is 0 Å². The molecule has 0 atom stereocenters. The van der Waals surface area contributed by atoms with Crippen molar-refractivity contribution in [2.75, 3.05) is 26.2 Å². The number of ether oxygens (including phenoxy) is 1. The van der Waals surface area contributed by atoms with Gasteiger partial charge in [-0.1, -0.05) is 25.7 Å². The summed E-state index contributed by atoms with van der Waals surface area (Å²) in [4.78, 5) is 2.46. The molecule has 0 bridgehead atoms. The first-order valence-corrected chi connectivity index (χ1v) is 6.89. The normalized spacial score (nSPS) is 18.5. The van der Waals surface area contributed by atoms with E-state index >= 15 is 0 Å². The Balaban J connectivity index is 2.13. The van der Waals surface area contributed by atoms with E-state index in [0.717, 1.165) is 18.4 Å². The highest BCUT2D eigenvalue weighted by molar-refractivity contribution is 5.02. The largest absolute Gasteiger partial charge is 0.366 e. The van der Waals surface area contributed by atoms with E-state index in [4.69, 9.17) is 4.74 Å². The molecule has 17 heavy (non-hydrogen) atoms. The van der Waals surface area contributed by atoms with Gasteiger partial charge in [0.1, 0.15) is 6.61 Å². The van der Waals surface area contributed by atoms with Crippen LogP contribution in [0.15, 0.2) is 0 Å². The molecule has 0 N–H and O–H groups in total. The molecule has 0 aliphatic carbocycles. The summed E-state index contributed by atoms with van der Waals surface area (Å²) in [6.45, 7) is 12.7. The van der Waals surface area contributed by atoms with E-state index in [1.165, 1.54) is 25.9 Å². The van der Waals surface area contributed by atoms with Gasteiger partial charge in [-0.2, -0.15) is 0 Å².